The fourth-order valence-electron chi connectivity index (χ4n) is 3.67. The molecule has 0 aliphatic carbocycles. The Bertz CT molecular complexity index is 1060. The van der Waals surface area contributed by atoms with E-state index in [-0.39, 0.29) is 12.5 Å². The maximum Gasteiger partial charge on any atom is 0.318 e. The predicted molar refractivity (Wildman–Crippen MR) is 115 cm³/mol. The zero-order valence-electron chi connectivity index (χ0n) is 17.4. The number of nitrogens with zero attached hydrogens (tertiary/aromatic N) is 1. The molecular formula is C25H23NO5. The Morgan fingerprint density at radius 1 is 0.903 bits per heavy atom. The fourth-order valence-corrected chi connectivity index (χ4v) is 3.67. The molecule has 1 aliphatic heterocycles. The molecule has 0 spiro atoms. The molecule has 0 saturated heterocycles. The van der Waals surface area contributed by atoms with Gasteiger partial charge in [0.15, 0.2) is 6.61 Å². The number of hydrogen-bond acceptors (Lipinski definition) is 5. The second-order valence-corrected chi connectivity index (χ2v) is 7.28. The van der Waals surface area contributed by atoms with E-state index in [0.717, 1.165) is 16.7 Å². The Kier molecular flexibility index (Phi) is 5.89. The standard InChI is InChI=1S/C25H23NO5/c1-26(15-17-9-3-6-12-20(17)29-2)23(27)16-30-25(28)24-18-10-4-7-13-21(18)31-22-14-8-5-11-19(22)24/h3-14,24H,15-16H2,1-2H3. The number of likely N-dealkylation sites (N-methyl/N-ethyl adjacent to an activating group) is 1. The first-order valence-electron chi connectivity index (χ1n) is 9.96. The van der Waals surface area contributed by atoms with Crippen molar-refractivity contribution in [3.05, 3.63) is 89.5 Å². The molecule has 0 radical (unpaired) electrons. The van der Waals surface area contributed by atoms with Crippen molar-refractivity contribution in [3.8, 4) is 17.2 Å². The van der Waals surface area contributed by atoms with Gasteiger partial charge in [-0.1, -0.05) is 54.6 Å². The van der Waals surface area contributed by atoms with Gasteiger partial charge in [-0.3, -0.25) is 9.59 Å². The van der Waals surface area contributed by atoms with E-state index < -0.39 is 11.9 Å². The first-order valence-corrected chi connectivity index (χ1v) is 9.96. The third-order valence-electron chi connectivity index (χ3n) is 5.28. The molecule has 158 valence electrons. The molecule has 1 amide bonds. The Morgan fingerprint density at radius 2 is 1.48 bits per heavy atom. The van der Waals surface area contributed by atoms with Gasteiger partial charge in [-0.2, -0.15) is 0 Å². The number of amides is 1. The Balaban J connectivity index is 1.46. The molecule has 3 aromatic carbocycles. The number of benzene rings is 3. The highest BCUT2D eigenvalue weighted by atomic mass is 16.5. The van der Waals surface area contributed by atoms with Gasteiger partial charge in [-0.15, -0.1) is 0 Å². The van der Waals surface area contributed by atoms with Gasteiger partial charge in [0, 0.05) is 30.3 Å². The summed E-state index contributed by atoms with van der Waals surface area (Å²) in [5, 5.41) is 0. The monoisotopic (exact) mass is 417 g/mol. The average molecular weight is 417 g/mol. The Labute approximate surface area is 181 Å². The molecule has 0 fully saturated rings. The van der Waals surface area contributed by atoms with Gasteiger partial charge in [0.1, 0.15) is 23.2 Å². The summed E-state index contributed by atoms with van der Waals surface area (Å²) >= 11 is 0. The molecule has 0 atom stereocenters. The quantitative estimate of drug-likeness (QED) is 0.564. The summed E-state index contributed by atoms with van der Waals surface area (Å²) in [7, 11) is 3.26. The number of methoxy groups -OCH3 is 1. The van der Waals surface area contributed by atoms with E-state index in [0.29, 0.717) is 23.8 Å². The van der Waals surface area contributed by atoms with E-state index in [1.165, 1.54) is 4.90 Å². The van der Waals surface area contributed by atoms with E-state index in [1.807, 2.05) is 72.8 Å². The van der Waals surface area contributed by atoms with Crippen molar-refractivity contribution < 1.29 is 23.8 Å². The Morgan fingerprint density at radius 3 is 2.13 bits per heavy atom. The summed E-state index contributed by atoms with van der Waals surface area (Å²) in [5.74, 6) is 0.503. The number of carbonyl (C=O) groups excluding carboxylic acids is 2. The lowest BCUT2D eigenvalue weighted by molar-refractivity contribution is -0.152. The normalized spacial score (nSPS) is 12.2. The van der Waals surface area contributed by atoms with Crippen LogP contribution in [0.2, 0.25) is 0 Å². The zero-order chi connectivity index (χ0) is 21.8. The van der Waals surface area contributed by atoms with Crippen LogP contribution in [0.3, 0.4) is 0 Å². The molecule has 0 bridgehead atoms. The first kappa shape index (κ1) is 20.5. The van der Waals surface area contributed by atoms with Crippen LogP contribution in [-0.2, 0) is 20.9 Å². The lowest BCUT2D eigenvalue weighted by Crippen LogP contribution is -2.32. The molecule has 0 saturated carbocycles. The van der Waals surface area contributed by atoms with Gasteiger partial charge < -0.3 is 19.1 Å². The minimum Gasteiger partial charge on any atom is -0.496 e. The van der Waals surface area contributed by atoms with Gasteiger partial charge in [-0.05, 0) is 18.2 Å². The highest BCUT2D eigenvalue weighted by molar-refractivity contribution is 5.87. The highest BCUT2D eigenvalue weighted by Gasteiger charge is 2.34. The molecule has 0 N–H and O–H groups in total. The largest absolute Gasteiger partial charge is 0.496 e. The lowest BCUT2D eigenvalue weighted by Gasteiger charge is -2.27. The third-order valence-corrected chi connectivity index (χ3v) is 5.28. The van der Waals surface area contributed by atoms with Crippen LogP contribution in [0.25, 0.3) is 0 Å². The molecule has 6 heteroatoms. The number of carbonyl (C=O) groups is 2. The van der Waals surface area contributed by atoms with Crippen LogP contribution < -0.4 is 9.47 Å². The zero-order valence-corrected chi connectivity index (χ0v) is 17.4. The lowest BCUT2D eigenvalue weighted by atomic mass is 9.88. The SMILES string of the molecule is COc1ccccc1CN(C)C(=O)COC(=O)C1c2ccccc2Oc2ccccc21. The van der Waals surface area contributed by atoms with Crippen LogP contribution in [0.1, 0.15) is 22.6 Å². The maximum absolute atomic E-state index is 13.0. The van der Waals surface area contributed by atoms with E-state index in [2.05, 4.69) is 0 Å². The van der Waals surface area contributed by atoms with E-state index in [4.69, 9.17) is 14.2 Å². The summed E-state index contributed by atoms with van der Waals surface area (Å²) in [6.07, 6.45) is 0. The van der Waals surface area contributed by atoms with Crippen molar-refractivity contribution in [2.45, 2.75) is 12.5 Å². The summed E-state index contributed by atoms with van der Waals surface area (Å²) in [6, 6.07) is 22.2. The van der Waals surface area contributed by atoms with Crippen LogP contribution in [0, 0.1) is 0 Å². The molecule has 3 aromatic rings. The first-order chi connectivity index (χ1) is 15.1. The molecule has 1 aliphatic rings. The van der Waals surface area contributed by atoms with Gasteiger partial charge in [0.2, 0.25) is 0 Å². The summed E-state index contributed by atoms with van der Waals surface area (Å²) in [4.78, 5) is 27.2. The smallest absolute Gasteiger partial charge is 0.318 e. The number of para-hydroxylation sites is 3. The topological polar surface area (TPSA) is 65.1 Å². The minimum absolute atomic E-state index is 0.298. The van der Waals surface area contributed by atoms with Crippen LogP contribution in [-0.4, -0.2) is 37.5 Å². The summed E-state index contributed by atoms with van der Waals surface area (Å²) < 4.78 is 16.7. The van der Waals surface area contributed by atoms with Crippen LogP contribution >= 0.6 is 0 Å². The molecule has 0 unspecified atom stereocenters. The van der Waals surface area contributed by atoms with E-state index >= 15 is 0 Å². The van der Waals surface area contributed by atoms with Crippen molar-refractivity contribution in [1.82, 2.24) is 4.90 Å². The average Bonchev–Trinajstić information content (AvgIpc) is 2.81. The maximum atomic E-state index is 13.0. The third kappa shape index (κ3) is 4.23. The number of ether oxygens (including phenoxy) is 3. The van der Waals surface area contributed by atoms with Crippen molar-refractivity contribution in [2.24, 2.45) is 0 Å². The molecule has 31 heavy (non-hydrogen) atoms. The van der Waals surface area contributed by atoms with E-state index in [1.54, 1.807) is 14.2 Å². The number of esters is 1. The summed E-state index contributed by atoms with van der Waals surface area (Å²) in [5.41, 5.74) is 2.32. The minimum atomic E-state index is -0.645. The Hall–Kier alpha value is -3.80. The van der Waals surface area contributed by atoms with Crippen LogP contribution in [0.4, 0.5) is 0 Å². The molecule has 4 rings (SSSR count). The summed E-state index contributed by atoms with van der Waals surface area (Å²) in [6.45, 7) is 0.00943. The molecule has 0 aromatic heterocycles. The molecule has 6 nitrogen and oxygen atoms in total. The molecule has 1 heterocycles. The number of fused-ring (bicyclic) bond motifs is 2. The predicted octanol–water partition coefficient (Wildman–Crippen LogP) is 4.13. The van der Waals surface area contributed by atoms with Gasteiger partial charge in [0.05, 0.1) is 7.11 Å². The fraction of sp³-hybridized carbons (Fsp3) is 0.200. The van der Waals surface area contributed by atoms with Crippen molar-refractivity contribution >= 4 is 11.9 Å². The van der Waals surface area contributed by atoms with Crippen molar-refractivity contribution in [3.63, 3.8) is 0 Å². The van der Waals surface area contributed by atoms with Crippen molar-refractivity contribution in [1.29, 1.82) is 0 Å². The van der Waals surface area contributed by atoms with Gasteiger partial charge in [0.25, 0.3) is 5.91 Å². The van der Waals surface area contributed by atoms with Crippen LogP contribution in [0.5, 0.6) is 17.2 Å². The second kappa shape index (κ2) is 8.92. The van der Waals surface area contributed by atoms with Gasteiger partial charge >= 0.3 is 5.97 Å². The van der Waals surface area contributed by atoms with Crippen molar-refractivity contribution in [2.75, 3.05) is 20.8 Å². The second-order valence-electron chi connectivity index (χ2n) is 7.28. The van der Waals surface area contributed by atoms with Gasteiger partial charge in [-0.25, -0.2) is 0 Å². The number of hydrogen-bond donors (Lipinski definition) is 0. The van der Waals surface area contributed by atoms with E-state index in [9.17, 15) is 9.59 Å². The molecular weight excluding hydrogens is 394 g/mol. The highest BCUT2D eigenvalue weighted by Crippen LogP contribution is 2.44. The number of rotatable bonds is 6. The van der Waals surface area contributed by atoms with Crippen LogP contribution in [0.15, 0.2) is 72.8 Å².